The zero-order chi connectivity index (χ0) is 11.0. The number of hydrogen-bond acceptors (Lipinski definition) is 3. The van der Waals surface area contributed by atoms with Crippen molar-refractivity contribution in [1.82, 2.24) is 5.43 Å². The molecule has 4 N–H and O–H groups in total. The third kappa shape index (κ3) is 1.81. The van der Waals surface area contributed by atoms with Crippen LogP contribution in [0.3, 0.4) is 0 Å². The van der Waals surface area contributed by atoms with Gasteiger partial charge in [0, 0.05) is 11.6 Å². The van der Waals surface area contributed by atoms with E-state index in [-0.39, 0.29) is 22.9 Å². The van der Waals surface area contributed by atoms with Crippen LogP contribution in [-0.2, 0) is 4.79 Å². The van der Waals surface area contributed by atoms with Crippen LogP contribution in [0.15, 0.2) is 5.10 Å². The van der Waals surface area contributed by atoms with Gasteiger partial charge in [-0.3, -0.25) is 10.2 Å². The fraction of sp³-hybridized carbons (Fsp3) is 0.667. The van der Waals surface area contributed by atoms with Crippen LogP contribution in [0.25, 0.3) is 0 Å². The summed E-state index contributed by atoms with van der Waals surface area (Å²) in [4.78, 5) is 11.0. The molecule has 2 saturated carbocycles. The second-order valence-corrected chi connectivity index (χ2v) is 4.53. The maximum Gasteiger partial charge on any atom is 0.307 e. The number of aliphatic carboxylic acids is 1. The summed E-state index contributed by atoms with van der Waals surface area (Å²) in [6, 6.07) is 0. The van der Waals surface area contributed by atoms with E-state index >= 15 is 0 Å². The summed E-state index contributed by atoms with van der Waals surface area (Å²) in [5.74, 6) is -0.631. The van der Waals surface area contributed by atoms with Crippen LogP contribution in [0, 0.1) is 17.8 Å². The van der Waals surface area contributed by atoms with Gasteiger partial charge in [0.1, 0.15) is 0 Å². The number of carboxylic acid groups (broad SMARTS) is 1. The summed E-state index contributed by atoms with van der Waals surface area (Å²) in [5, 5.41) is 13.3. The summed E-state index contributed by atoms with van der Waals surface area (Å²) < 4.78 is 0. The van der Waals surface area contributed by atoms with Gasteiger partial charge in [-0.25, -0.2) is 0 Å². The molecule has 0 amide bonds. The van der Waals surface area contributed by atoms with Gasteiger partial charge < -0.3 is 10.8 Å². The monoisotopic (exact) mass is 227 g/mol. The van der Waals surface area contributed by atoms with Crippen LogP contribution < -0.4 is 11.2 Å². The van der Waals surface area contributed by atoms with Crippen LogP contribution in [0.1, 0.15) is 19.3 Å². The Morgan fingerprint density at radius 3 is 2.87 bits per heavy atom. The van der Waals surface area contributed by atoms with Gasteiger partial charge in [0.2, 0.25) is 0 Å². The number of hydrazone groups is 1. The second-order valence-electron chi connectivity index (χ2n) is 4.09. The van der Waals surface area contributed by atoms with Gasteiger partial charge in [0.25, 0.3) is 0 Å². The van der Waals surface area contributed by atoms with E-state index in [2.05, 4.69) is 22.7 Å². The molecule has 0 saturated heterocycles. The first kappa shape index (κ1) is 10.4. The fourth-order valence-electron chi connectivity index (χ4n) is 2.73. The molecule has 5 nitrogen and oxygen atoms in total. The van der Waals surface area contributed by atoms with Crippen LogP contribution in [-0.4, -0.2) is 21.9 Å². The molecule has 0 spiro atoms. The van der Waals surface area contributed by atoms with Crippen molar-refractivity contribution in [2.45, 2.75) is 19.3 Å². The van der Waals surface area contributed by atoms with Crippen LogP contribution in [0.2, 0.25) is 0 Å². The molecule has 0 unspecified atom stereocenters. The van der Waals surface area contributed by atoms with Crippen LogP contribution in [0.5, 0.6) is 0 Å². The Balaban J connectivity index is 2.11. The highest BCUT2D eigenvalue weighted by Crippen LogP contribution is 2.47. The number of carboxylic acids is 1. The quantitative estimate of drug-likeness (QED) is 0.466. The second kappa shape index (κ2) is 3.77. The maximum absolute atomic E-state index is 11.0. The van der Waals surface area contributed by atoms with E-state index in [0.29, 0.717) is 0 Å². The SMILES string of the molecule is NC(=S)N/N=C1/C[C@H]2CC[C@H]1[C@@H]2C(=O)O. The molecule has 0 aromatic carbocycles. The molecule has 0 aliphatic heterocycles. The first-order valence-electron chi connectivity index (χ1n) is 4.94. The van der Waals surface area contributed by atoms with Gasteiger partial charge >= 0.3 is 5.97 Å². The highest BCUT2D eigenvalue weighted by molar-refractivity contribution is 7.80. The number of nitrogens with two attached hydrogens (primary N) is 1. The van der Waals surface area contributed by atoms with Crippen LogP contribution in [0.4, 0.5) is 0 Å². The molecule has 3 atom stereocenters. The van der Waals surface area contributed by atoms with E-state index in [9.17, 15) is 4.79 Å². The Morgan fingerprint density at radius 2 is 2.33 bits per heavy atom. The lowest BCUT2D eigenvalue weighted by atomic mass is 9.98. The third-order valence-corrected chi connectivity index (χ3v) is 3.38. The zero-order valence-electron chi connectivity index (χ0n) is 8.14. The van der Waals surface area contributed by atoms with Crippen molar-refractivity contribution >= 4 is 29.0 Å². The predicted molar refractivity (Wildman–Crippen MR) is 59.3 cm³/mol. The van der Waals surface area contributed by atoms with Crippen molar-refractivity contribution in [3.8, 4) is 0 Å². The Hall–Kier alpha value is -1.17. The van der Waals surface area contributed by atoms with Crippen LogP contribution >= 0.6 is 12.2 Å². The molecule has 2 aliphatic rings. The van der Waals surface area contributed by atoms with E-state index in [4.69, 9.17) is 10.8 Å². The maximum atomic E-state index is 11.0. The third-order valence-electron chi connectivity index (χ3n) is 3.28. The van der Waals surface area contributed by atoms with Crippen molar-refractivity contribution in [2.75, 3.05) is 0 Å². The zero-order valence-corrected chi connectivity index (χ0v) is 8.96. The standard InChI is InChI=1S/C9H13N3O2S/c10-9(15)12-11-6-3-4-1-2-5(6)7(4)8(13)14/h4-5,7H,1-3H2,(H,13,14)(H3,10,12,15)/b11-6-/t4-,5-,7-/m1/s1. The lowest BCUT2D eigenvalue weighted by Crippen LogP contribution is -2.27. The fourth-order valence-corrected chi connectivity index (χ4v) is 2.78. The van der Waals surface area contributed by atoms with E-state index in [1.54, 1.807) is 0 Å². The minimum atomic E-state index is -0.706. The molecule has 0 aromatic heterocycles. The number of hydrogen-bond donors (Lipinski definition) is 3. The van der Waals surface area contributed by atoms with Gasteiger partial charge in [-0.15, -0.1) is 0 Å². The summed E-state index contributed by atoms with van der Waals surface area (Å²) in [5.41, 5.74) is 8.70. The molecule has 0 radical (unpaired) electrons. The molecular formula is C9H13N3O2S. The van der Waals surface area contributed by atoms with Crippen molar-refractivity contribution < 1.29 is 9.90 Å². The first-order valence-corrected chi connectivity index (χ1v) is 5.35. The summed E-state index contributed by atoms with van der Waals surface area (Å²) in [7, 11) is 0. The molecule has 2 fully saturated rings. The van der Waals surface area contributed by atoms with Crippen molar-refractivity contribution in [2.24, 2.45) is 28.6 Å². The molecule has 2 aliphatic carbocycles. The summed E-state index contributed by atoms with van der Waals surface area (Å²) >= 11 is 4.64. The number of nitrogens with one attached hydrogen (secondary N) is 1. The average molecular weight is 227 g/mol. The molecule has 15 heavy (non-hydrogen) atoms. The summed E-state index contributed by atoms with van der Waals surface area (Å²) in [6.45, 7) is 0. The molecule has 0 heterocycles. The van der Waals surface area contributed by atoms with Gasteiger partial charge in [0.15, 0.2) is 5.11 Å². The highest BCUT2D eigenvalue weighted by Gasteiger charge is 2.49. The van der Waals surface area contributed by atoms with Gasteiger partial charge in [-0.2, -0.15) is 5.10 Å². The van der Waals surface area contributed by atoms with E-state index in [0.717, 1.165) is 25.0 Å². The van der Waals surface area contributed by atoms with E-state index in [1.165, 1.54) is 0 Å². The minimum Gasteiger partial charge on any atom is -0.481 e. The number of thiocarbonyl (C=S) groups is 1. The molecule has 6 heteroatoms. The lowest BCUT2D eigenvalue weighted by molar-refractivity contribution is -0.143. The van der Waals surface area contributed by atoms with E-state index < -0.39 is 5.97 Å². The Morgan fingerprint density at radius 1 is 1.60 bits per heavy atom. The number of rotatable bonds is 2. The van der Waals surface area contributed by atoms with Gasteiger partial charge in [-0.05, 0) is 37.4 Å². The highest BCUT2D eigenvalue weighted by atomic mass is 32.1. The Labute approximate surface area is 92.7 Å². The Kier molecular flexibility index (Phi) is 2.60. The van der Waals surface area contributed by atoms with Crippen molar-refractivity contribution in [3.63, 3.8) is 0 Å². The normalized spacial score (nSPS) is 35.7. The topological polar surface area (TPSA) is 87.7 Å². The summed E-state index contributed by atoms with van der Waals surface area (Å²) in [6.07, 6.45) is 2.67. The van der Waals surface area contributed by atoms with Crippen molar-refractivity contribution in [1.29, 1.82) is 0 Å². The van der Waals surface area contributed by atoms with Crippen molar-refractivity contribution in [3.05, 3.63) is 0 Å². The number of carbonyl (C=O) groups is 1. The molecule has 2 rings (SSSR count). The largest absolute Gasteiger partial charge is 0.481 e. The average Bonchev–Trinajstić information content (AvgIpc) is 2.70. The molecule has 0 aromatic rings. The van der Waals surface area contributed by atoms with E-state index in [1.807, 2.05) is 0 Å². The van der Waals surface area contributed by atoms with Gasteiger partial charge in [-0.1, -0.05) is 0 Å². The first-order chi connectivity index (χ1) is 7.09. The minimum absolute atomic E-state index is 0.0781. The lowest BCUT2D eigenvalue weighted by Gasteiger charge is -2.11. The number of fused-ring (bicyclic) bond motifs is 2. The molecule has 2 bridgehead atoms. The number of nitrogens with zero attached hydrogens (tertiary/aromatic N) is 1. The smallest absolute Gasteiger partial charge is 0.307 e. The molecular weight excluding hydrogens is 214 g/mol. The van der Waals surface area contributed by atoms with Gasteiger partial charge in [0.05, 0.1) is 5.92 Å². The predicted octanol–water partition coefficient (Wildman–Crippen LogP) is 0.306. The Bertz CT molecular complexity index is 342. The molecule has 82 valence electrons.